The van der Waals surface area contributed by atoms with E-state index in [1.54, 1.807) is 0 Å². The minimum atomic E-state index is 0.724. The smallest absolute Gasteiger partial charge is 0.0620 e. The second kappa shape index (κ2) is 2.29. The van der Waals surface area contributed by atoms with Crippen molar-refractivity contribution in [2.75, 3.05) is 0 Å². The number of hydrogen-bond acceptors (Lipinski definition) is 2. The molecular weight excluding hydrogens is 136 g/mol. The molecule has 1 fully saturated rings. The van der Waals surface area contributed by atoms with Gasteiger partial charge in [-0.25, -0.2) is 0 Å². The molecule has 2 rings (SSSR count). The molecule has 1 heterocycles. The Hall–Kier alpha value is -0.920. The first-order valence-corrected chi connectivity index (χ1v) is 4.07. The number of rotatable bonds is 1. The molecule has 0 aliphatic heterocycles. The molecule has 1 aromatic rings. The summed E-state index contributed by atoms with van der Waals surface area (Å²) in [4.78, 5) is 8.75. The zero-order valence-corrected chi connectivity index (χ0v) is 6.96. The second-order valence-corrected chi connectivity index (χ2v) is 3.24. The lowest BCUT2D eigenvalue weighted by Gasteiger charge is -2.00. The lowest BCUT2D eigenvalue weighted by atomic mass is 10.3. The van der Waals surface area contributed by atoms with Crippen LogP contribution in [0.4, 0.5) is 0 Å². The highest BCUT2D eigenvalue weighted by Crippen LogP contribution is 2.38. The third-order valence-electron chi connectivity index (χ3n) is 2.21. The SMILES string of the molecule is Cc1ncc(C2CC2)nc1C. The van der Waals surface area contributed by atoms with Crippen molar-refractivity contribution in [3.63, 3.8) is 0 Å². The molecule has 0 saturated heterocycles. The molecule has 11 heavy (non-hydrogen) atoms. The largest absolute Gasteiger partial charge is 0.258 e. The fourth-order valence-corrected chi connectivity index (χ4v) is 1.14. The molecule has 0 unspecified atom stereocenters. The van der Waals surface area contributed by atoms with Crippen molar-refractivity contribution in [1.82, 2.24) is 9.97 Å². The molecule has 0 spiro atoms. The Morgan fingerprint density at radius 3 is 2.55 bits per heavy atom. The van der Waals surface area contributed by atoms with Crippen molar-refractivity contribution < 1.29 is 0 Å². The monoisotopic (exact) mass is 148 g/mol. The Morgan fingerprint density at radius 1 is 1.27 bits per heavy atom. The molecule has 2 nitrogen and oxygen atoms in total. The van der Waals surface area contributed by atoms with Gasteiger partial charge in [0.1, 0.15) is 0 Å². The normalized spacial score (nSPS) is 16.9. The van der Waals surface area contributed by atoms with Gasteiger partial charge in [0, 0.05) is 12.1 Å². The van der Waals surface area contributed by atoms with E-state index < -0.39 is 0 Å². The zero-order valence-electron chi connectivity index (χ0n) is 6.96. The summed E-state index contributed by atoms with van der Waals surface area (Å²) >= 11 is 0. The number of aryl methyl sites for hydroxylation is 2. The Bertz CT molecular complexity index is 277. The summed E-state index contributed by atoms with van der Waals surface area (Å²) in [6, 6.07) is 0. The van der Waals surface area contributed by atoms with Gasteiger partial charge in [-0.05, 0) is 26.7 Å². The van der Waals surface area contributed by atoms with E-state index in [1.165, 1.54) is 18.5 Å². The summed E-state index contributed by atoms with van der Waals surface area (Å²) in [6.45, 7) is 4.02. The Morgan fingerprint density at radius 2 is 2.00 bits per heavy atom. The van der Waals surface area contributed by atoms with Crippen molar-refractivity contribution in [2.45, 2.75) is 32.6 Å². The molecule has 0 aromatic carbocycles. The quantitative estimate of drug-likeness (QED) is 0.608. The molecule has 1 saturated carbocycles. The molecule has 2 heteroatoms. The van der Waals surface area contributed by atoms with Crippen LogP contribution in [0.5, 0.6) is 0 Å². The zero-order chi connectivity index (χ0) is 7.84. The summed E-state index contributed by atoms with van der Waals surface area (Å²) < 4.78 is 0. The molecule has 1 aliphatic carbocycles. The van der Waals surface area contributed by atoms with Crippen molar-refractivity contribution in [1.29, 1.82) is 0 Å². The molecule has 0 N–H and O–H groups in total. The molecule has 0 amide bonds. The summed E-state index contributed by atoms with van der Waals surface area (Å²) in [5.74, 6) is 0.724. The summed E-state index contributed by atoms with van der Waals surface area (Å²) in [7, 11) is 0. The predicted molar refractivity (Wildman–Crippen MR) is 43.5 cm³/mol. The van der Waals surface area contributed by atoms with Gasteiger partial charge < -0.3 is 0 Å². The maximum atomic E-state index is 4.47. The molecule has 0 atom stereocenters. The fraction of sp³-hybridized carbons (Fsp3) is 0.556. The first kappa shape index (κ1) is 6.77. The molecule has 58 valence electrons. The van der Waals surface area contributed by atoms with Crippen LogP contribution in [0.1, 0.15) is 35.8 Å². The predicted octanol–water partition coefficient (Wildman–Crippen LogP) is 1.97. The highest BCUT2D eigenvalue weighted by molar-refractivity contribution is 5.16. The van der Waals surface area contributed by atoms with Gasteiger partial charge in [0.15, 0.2) is 0 Å². The van der Waals surface area contributed by atoms with Gasteiger partial charge in [0.25, 0.3) is 0 Å². The average Bonchev–Trinajstić information content (AvgIpc) is 2.77. The molecular formula is C9H12N2. The molecule has 1 aromatic heterocycles. The van der Waals surface area contributed by atoms with Crippen molar-refractivity contribution in [3.8, 4) is 0 Å². The summed E-state index contributed by atoms with van der Waals surface area (Å²) in [6.07, 6.45) is 4.52. The minimum Gasteiger partial charge on any atom is -0.258 e. The number of aromatic nitrogens is 2. The van der Waals surface area contributed by atoms with Crippen LogP contribution in [0.3, 0.4) is 0 Å². The van der Waals surface area contributed by atoms with E-state index in [1.807, 2.05) is 20.0 Å². The van der Waals surface area contributed by atoms with Crippen molar-refractivity contribution in [2.24, 2.45) is 0 Å². The Labute approximate surface area is 66.7 Å². The van der Waals surface area contributed by atoms with Crippen LogP contribution in [0.25, 0.3) is 0 Å². The van der Waals surface area contributed by atoms with Gasteiger partial charge in [-0.1, -0.05) is 0 Å². The summed E-state index contributed by atoms with van der Waals surface area (Å²) in [5.41, 5.74) is 3.32. The molecule has 0 bridgehead atoms. The maximum Gasteiger partial charge on any atom is 0.0620 e. The van der Waals surface area contributed by atoms with Crippen molar-refractivity contribution in [3.05, 3.63) is 23.3 Å². The topological polar surface area (TPSA) is 25.8 Å². The van der Waals surface area contributed by atoms with Crippen LogP contribution in [0.15, 0.2) is 6.20 Å². The van der Waals surface area contributed by atoms with Gasteiger partial charge in [-0.15, -0.1) is 0 Å². The third kappa shape index (κ3) is 1.25. The average molecular weight is 148 g/mol. The minimum absolute atomic E-state index is 0.724. The number of nitrogens with zero attached hydrogens (tertiary/aromatic N) is 2. The van der Waals surface area contributed by atoms with Gasteiger partial charge in [0.05, 0.1) is 17.1 Å². The summed E-state index contributed by atoms with van der Waals surface area (Å²) in [5, 5.41) is 0. The Balaban J connectivity index is 2.36. The van der Waals surface area contributed by atoms with Crippen LogP contribution in [0.2, 0.25) is 0 Å². The van der Waals surface area contributed by atoms with E-state index in [0.29, 0.717) is 0 Å². The van der Waals surface area contributed by atoms with E-state index >= 15 is 0 Å². The first-order chi connectivity index (χ1) is 5.27. The van der Waals surface area contributed by atoms with E-state index in [4.69, 9.17) is 0 Å². The van der Waals surface area contributed by atoms with Gasteiger partial charge in [0.2, 0.25) is 0 Å². The third-order valence-corrected chi connectivity index (χ3v) is 2.21. The van der Waals surface area contributed by atoms with E-state index in [2.05, 4.69) is 9.97 Å². The highest BCUT2D eigenvalue weighted by Gasteiger charge is 2.25. The maximum absolute atomic E-state index is 4.47. The molecule has 0 radical (unpaired) electrons. The lowest BCUT2D eigenvalue weighted by molar-refractivity contribution is 0.932. The van der Waals surface area contributed by atoms with Crippen LogP contribution in [-0.4, -0.2) is 9.97 Å². The van der Waals surface area contributed by atoms with Gasteiger partial charge in [-0.3, -0.25) is 9.97 Å². The van der Waals surface area contributed by atoms with Crippen LogP contribution >= 0.6 is 0 Å². The highest BCUT2D eigenvalue weighted by atomic mass is 14.8. The Kier molecular flexibility index (Phi) is 1.41. The van der Waals surface area contributed by atoms with Crippen LogP contribution < -0.4 is 0 Å². The first-order valence-electron chi connectivity index (χ1n) is 4.07. The van der Waals surface area contributed by atoms with Crippen LogP contribution in [-0.2, 0) is 0 Å². The van der Waals surface area contributed by atoms with E-state index in [9.17, 15) is 0 Å². The molecule has 1 aliphatic rings. The van der Waals surface area contributed by atoms with Crippen molar-refractivity contribution >= 4 is 0 Å². The van der Waals surface area contributed by atoms with Gasteiger partial charge >= 0.3 is 0 Å². The van der Waals surface area contributed by atoms with E-state index in [-0.39, 0.29) is 0 Å². The van der Waals surface area contributed by atoms with E-state index in [0.717, 1.165) is 17.3 Å². The lowest BCUT2D eigenvalue weighted by Crippen LogP contribution is -1.95. The fourth-order valence-electron chi connectivity index (χ4n) is 1.14. The van der Waals surface area contributed by atoms with Gasteiger partial charge in [-0.2, -0.15) is 0 Å². The number of hydrogen-bond donors (Lipinski definition) is 0. The van der Waals surface area contributed by atoms with Crippen LogP contribution in [0, 0.1) is 13.8 Å². The standard InChI is InChI=1S/C9H12N2/c1-6-7(2)11-9(5-10-6)8-3-4-8/h5,8H,3-4H2,1-2H3. The second-order valence-electron chi connectivity index (χ2n) is 3.24.